The molecule has 2 aromatic rings. The zero-order valence-corrected chi connectivity index (χ0v) is 19.2. The van der Waals surface area contributed by atoms with Gasteiger partial charge in [0.25, 0.3) is 0 Å². The van der Waals surface area contributed by atoms with E-state index in [-0.39, 0.29) is 5.54 Å². The van der Waals surface area contributed by atoms with Crippen molar-refractivity contribution in [1.29, 1.82) is 0 Å². The Labute approximate surface area is 195 Å². The predicted octanol–water partition coefficient (Wildman–Crippen LogP) is 3.22. The molecule has 3 aliphatic rings. The van der Waals surface area contributed by atoms with Gasteiger partial charge >= 0.3 is 11.8 Å². The molecule has 0 atom stereocenters. The molecule has 6 heteroatoms. The quantitative estimate of drug-likeness (QED) is 0.731. The lowest BCUT2D eigenvalue weighted by molar-refractivity contribution is -0.146. The van der Waals surface area contributed by atoms with Crippen LogP contribution in [0.15, 0.2) is 48.5 Å². The molecule has 2 fully saturated rings. The minimum absolute atomic E-state index is 0.0754. The lowest BCUT2D eigenvalue weighted by atomic mass is 9.88. The maximum atomic E-state index is 12.9. The molecule has 0 unspecified atom stereocenters. The molecule has 33 heavy (non-hydrogen) atoms. The summed E-state index contributed by atoms with van der Waals surface area (Å²) < 4.78 is 5.59. The summed E-state index contributed by atoms with van der Waals surface area (Å²) in [7, 11) is 0. The number of likely N-dealkylation sites (tertiary alicyclic amines) is 1. The molecule has 3 aliphatic heterocycles. The number of ether oxygens (including phenoxy) is 1. The smallest absolute Gasteiger partial charge is 0.312 e. The van der Waals surface area contributed by atoms with Gasteiger partial charge in [0.15, 0.2) is 0 Å². The summed E-state index contributed by atoms with van der Waals surface area (Å²) in [6, 6.07) is 14.7. The summed E-state index contributed by atoms with van der Waals surface area (Å²) in [4.78, 5) is 29.9. The van der Waals surface area contributed by atoms with E-state index in [0.29, 0.717) is 32.8 Å². The van der Waals surface area contributed by atoms with Gasteiger partial charge in [0.05, 0.1) is 0 Å². The Morgan fingerprint density at radius 1 is 0.970 bits per heavy atom. The van der Waals surface area contributed by atoms with Gasteiger partial charge in [-0.05, 0) is 67.1 Å². The monoisotopic (exact) mass is 447 g/mol. The van der Waals surface area contributed by atoms with Gasteiger partial charge in [-0.25, -0.2) is 0 Å². The Kier molecular flexibility index (Phi) is 6.47. The summed E-state index contributed by atoms with van der Waals surface area (Å²) >= 11 is 0. The van der Waals surface area contributed by atoms with E-state index in [1.54, 1.807) is 4.90 Å². The van der Waals surface area contributed by atoms with Crippen LogP contribution in [0.3, 0.4) is 0 Å². The fourth-order valence-corrected chi connectivity index (χ4v) is 5.62. The number of carbonyl (C=O) groups is 2. The Morgan fingerprint density at radius 3 is 2.48 bits per heavy atom. The molecule has 5 rings (SSSR count). The number of rotatable bonds is 4. The molecule has 174 valence electrons. The van der Waals surface area contributed by atoms with Crippen molar-refractivity contribution in [3.05, 3.63) is 54.1 Å². The third-order valence-corrected chi connectivity index (χ3v) is 7.60. The van der Waals surface area contributed by atoms with E-state index in [9.17, 15) is 9.59 Å². The van der Waals surface area contributed by atoms with Gasteiger partial charge in [-0.2, -0.15) is 0 Å². The lowest BCUT2D eigenvalue weighted by Crippen LogP contribution is -2.58. The van der Waals surface area contributed by atoms with Gasteiger partial charge < -0.3 is 15.0 Å². The fourth-order valence-electron chi connectivity index (χ4n) is 5.62. The standard InChI is InChI=1S/C27H33N3O3/c31-25(28-20-27(12-18-33-19-13-27)30-14-3-4-15-30)26(32)29-16-10-22(11-17-29)24-9-5-7-21-6-1-2-8-23(21)24/h1-2,5-10H,3-4,11-20H2,(H,28,31). The third-order valence-electron chi connectivity index (χ3n) is 7.60. The minimum Gasteiger partial charge on any atom is -0.381 e. The van der Waals surface area contributed by atoms with Crippen LogP contribution in [-0.4, -0.2) is 73.1 Å². The molecule has 2 saturated heterocycles. The fraction of sp³-hybridized carbons (Fsp3) is 0.481. The molecule has 0 radical (unpaired) electrons. The Balaban J connectivity index is 1.22. The molecule has 2 amide bonds. The van der Waals surface area contributed by atoms with Crippen molar-refractivity contribution < 1.29 is 14.3 Å². The van der Waals surface area contributed by atoms with E-state index in [1.165, 1.54) is 34.8 Å². The van der Waals surface area contributed by atoms with Crippen LogP contribution in [0.4, 0.5) is 0 Å². The molecule has 3 heterocycles. The van der Waals surface area contributed by atoms with Crippen LogP contribution in [0, 0.1) is 0 Å². The second-order valence-corrected chi connectivity index (χ2v) is 9.47. The molecule has 0 aliphatic carbocycles. The number of hydrogen-bond acceptors (Lipinski definition) is 4. The Hall–Kier alpha value is -2.70. The molecule has 0 aromatic heterocycles. The van der Waals surface area contributed by atoms with E-state index >= 15 is 0 Å². The number of amides is 2. The number of carbonyl (C=O) groups excluding carboxylic acids is 2. The van der Waals surface area contributed by atoms with Crippen LogP contribution < -0.4 is 5.32 Å². The average Bonchev–Trinajstić information content (AvgIpc) is 3.43. The number of nitrogens with zero attached hydrogens (tertiary/aromatic N) is 2. The second-order valence-electron chi connectivity index (χ2n) is 9.47. The highest BCUT2D eigenvalue weighted by molar-refractivity contribution is 6.35. The van der Waals surface area contributed by atoms with Crippen LogP contribution in [0.5, 0.6) is 0 Å². The largest absolute Gasteiger partial charge is 0.381 e. The predicted molar refractivity (Wildman–Crippen MR) is 130 cm³/mol. The van der Waals surface area contributed by atoms with Crippen LogP contribution in [-0.2, 0) is 14.3 Å². The highest BCUT2D eigenvalue weighted by Crippen LogP contribution is 2.31. The maximum Gasteiger partial charge on any atom is 0.312 e. The molecule has 0 saturated carbocycles. The first-order valence-electron chi connectivity index (χ1n) is 12.2. The van der Waals surface area contributed by atoms with Gasteiger partial charge in [0.2, 0.25) is 0 Å². The van der Waals surface area contributed by atoms with Crippen molar-refractivity contribution in [2.45, 2.75) is 37.6 Å². The zero-order chi connectivity index (χ0) is 22.7. The van der Waals surface area contributed by atoms with E-state index < -0.39 is 11.8 Å². The number of nitrogens with one attached hydrogen (secondary N) is 1. The molecule has 0 bridgehead atoms. The first-order chi connectivity index (χ1) is 16.2. The van der Waals surface area contributed by atoms with Gasteiger partial charge in [-0.3, -0.25) is 14.5 Å². The first kappa shape index (κ1) is 22.1. The number of fused-ring (bicyclic) bond motifs is 1. The lowest BCUT2D eigenvalue weighted by Gasteiger charge is -2.44. The highest BCUT2D eigenvalue weighted by Gasteiger charge is 2.40. The molecule has 0 spiro atoms. The van der Waals surface area contributed by atoms with Crippen LogP contribution in [0.2, 0.25) is 0 Å². The molecular weight excluding hydrogens is 414 g/mol. The highest BCUT2D eigenvalue weighted by atomic mass is 16.5. The SMILES string of the molecule is O=C(NCC1(N2CCCC2)CCOCC1)C(=O)N1CC=C(c2cccc3ccccc23)CC1. The van der Waals surface area contributed by atoms with Crippen molar-refractivity contribution in [3.8, 4) is 0 Å². The summed E-state index contributed by atoms with van der Waals surface area (Å²) in [5.74, 6) is -0.908. The molecule has 6 nitrogen and oxygen atoms in total. The topological polar surface area (TPSA) is 61.9 Å². The number of hydrogen-bond donors (Lipinski definition) is 1. The minimum atomic E-state index is -0.484. The van der Waals surface area contributed by atoms with Crippen LogP contribution in [0.25, 0.3) is 16.3 Å². The summed E-state index contributed by atoms with van der Waals surface area (Å²) in [5.41, 5.74) is 2.39. The number of benzene rings is 2. The third kappa shape index (κ3) is 4.55. The van der Waals surface area contributed by atoms with E-state index in [2.05, 4.69) is 58.8 Å². The van der Waals surface area contributed by atoms with Crippen LogP contribution in [0.1, 0.15) is 37.7 Å². The Morgan fingerprint density at radius 2 is 1.73 bits per heavy atom. The second kappa shape index (κ2) is 9.65. The van der Waals surface area contributed by atoms with Gasteiger partial charge in [-0.1, -0.05) is 48.5 Å². The van der Waals surface area contributed by atoms with E-state index in [1.807, 2.05) is 0 Å². The van der Waals surface area contributed by atoms with Gasteiger partial charge in [0.1, 0.15) is 0 Å². The normalized spacial score (nSPS) is 21.1. The van der Waals surface area contributed by atoms with Crippen molar-refractivity contribution >= 4 is 28.2 Å². The van der Waals surface area contributed by atoms with Gasteiger partial charge in [-0.15, -0.1) is 0 Å². The Bertz CT molecular complexity index is 1050. The van der Waals surface area contributed by atoms with Crippen LogP contribution >= 0.6 is 0 Å². The molecular formula is C27H33N3O3. The van der Waals surface area contributed by atoms with Gasteiger partial charge in [0, 0.05) is 38.4 Å². The van der Waals surface area contributed by atoms with Crippen molar-refractivity contribution in [3.63, 3.8) is 0 Å². The summed E-state index contributed by atoms with van der Waals surface area (Å²) in [6.45, 7) is 5.12. The maximum absolute atomic E-state index is 12.9. The molecule has 1 N–H and O–H groups in total. The first-order valence-corrected chi connectivity index (χ1v) is 12.2. The van der Waals surface area contributed by atoms with E-state index in [0.717, 1.165) is 32.4 Å². The zero-order valence-electron chi connectivity index (χ0n) is 19.2. The summed E-state index contributed by atoms with van der Waals surface area (Å²) in [6.07, 6.45) is 7.07. The van der Waals surface area contributed by atoms with Crippen molar-refractivity contribution in [2.24, 2.45) is 0 Å². The summed E-state index contributed by atoms with van der Waals surface area (Å²) in [5, 5.41) is 5.43. The van der Waals surface area contributed by atoms with E-state index in [4.69, 9.17) is 4.74 Å². The average molecular weight is 448 g/mol. The molecule has 2 aromatic carbocycles. The van der Waals surface area contributed by atoms with Crippen molar-refractivity contribution in [1.82, 2.24) is 15.1 Å². The van der Waals surface area contributed by atoms with Crippen molar-refractivity contribution in [2.75, 3.05) is 45.9 Å².